The van der Waals surface area contributed by atoms with Crippen LogP contribution < -0.4 is 5.73 Å². The molecule has 2 rings (SSSR count). The first-order valence-corrected chi connectivity index (χ1v) is 8.32. The van der Waals surface area contributed by atoms with Crippen LogP contribution in [0.2, 0.25) is 0 Å². The number of nitrogens with zero attached hydrogens (tertiary/aromatic N) is 2. The third-order valence-corrected chi connectivity index (χ3v) is 5.42. The van der Waals surface area contributed by atoms with E-state index in [1.54, 1.807) is 6.20 Å². The van der Waals surface area contributed by atoms with E-state index < -0.39 is 6.10 Å². The SMILES string of the molecule is CC(C)C1CCC(CN)(C(O)c2cnn(C(C)C)c2)CC1. The van der Waals surface area contributed by atoms with E-state index >= 15 is 0 Å². The maximum Gasteiger partial charge on any atom is 0.0888 e. The molecule has 21 heavy (non-hydrogen) atoms. The van der Waals surface area contributed by atoms with Crippen LogP contribution in [0.5, 0.6) is 0 Å². The predicted molar refractivity (Wildman–Crippen MR) is 85.9 cm³/mol. The maximum absolute atomic E-state index is 10.9. The van der Waals surface area contributed by atoms with Gasteiger partial charge in [0, 0.05) is 29.8 Å². The van der Waals surface area contributed by atoms with Gasteiger partial charge in [-0.3, -0.25) is 4.68 Å². The summed E-state index contributed by atoms with van der Waals surface area (Å²) in [6.07, 6.45) is 7.65. The van der Waals surface area contributed by atoms with E-state index in [0.717, 1.165) is 30.2 Å². The second-order valence-electron chi connectivity index (χ2n) is 7.40. The van der Waals surface area contributed by atoms with E-state index in [1.165, 1.54) is 12.8 Å². The van der Waals surface area contributed by atoms with Crippen molar-refractivity contribution in [1.29, 1.82) is 0 Å². The first-order chi connectivity index (χ1) is 9.89. The Morgan fingerprint density at radius 3 is 2.38 bits per heavy atom. The molecule has 4 nitrogen and oxygen atoms in total. The maximum atomic E-state index is 10.9. The van der Waals surface area contributed by atoms with Crippen molar-refractivity contribution in [3.63, 3.8) is 0 Å². The lowest BCUT2D eigenvalue weighted by molar-refractivity contribution is -0.0149. The van der Waals surface area contributed by atoms with Gasteiger partial charge in [0.25, 0.3) is 0 Å². The highest BCUT2D eigenvalue weighted by molar-refractivity contribution is 5.14. The van der Waals surface area contributed by atoms with Gasteiger partial charge in [-0.25, -0.2) is 0 Å². The number of nitrogens with two attached hydrogens (primary N) is 1. The molecule has 0 radical (unpaired) electrons. The molecule has 0 aromatic carbocycles. The monoisotopic (exact) mass is 293 g/mol. The van der Waals surface area contributed by atoms with Crippen LogP contribution >= 0.6 is 0 Å². The van der Waals surface area contributed by atoms with Crippen LogP contribution in [0.1, 0.15) is 71.1 Å². The fourth-order valence-corrected chi connectivity index (χ4v) is 3.60. The number of hydrogen-bond donors (Lipinski definition) is 2. The Morgan fingerprint density at radius 2 is 1.95 bits per heavy atom. The molecule has 0 bridgehead atoms. The molecule has 1 saturated carbocycles. The molecule has 0 spiro atoms. The van der Waals surface area contributed by atoms with Gasteiger partial charge in [0.2, 0.25) is 0 Å². The second-order valence-corrected chi connectivity index (χ2v) is 7.40. The summed E-state index contributed by atoms with van der Waals surface area (Å²) in [5.74, 6) is 1.50. The Balaban J connectivity index is 2.13. The number of aromatic nitrogens is 2. The summed E-state index contributed by atoms with van der Waals surface area (Å²) in [5, 5.41) is 15.2. The van der Waals surface area contributed by atoms with Gasteiger partial charge in [-0.05, 0) is 51.4 Å². The fourth-order valence-electron chi connectivity index (χ4n) is 3.60. The van der Waals surface area contributed by atoms with E-state index in [2.05, 4.69) is 32.8 Å². The molecule has 3 N–H and O–H groups in total. The number of aliphatic hydroxyl groups is 1. The van der Waals surface area contributed by atoms with Crippen molar-refractivity contribution >= 4 is 0 Å². The van der Waals surface area contributed by atoms with Gasteiger partial charge in [-0.1, -0.05) is 13.8 Å². The van der Waals surface area contributed by atoms with Crippen molar-refractivity contribution in [1.82, 2.24) is 9.78 Å². The molecular formula is C17H31N3O. The standard InChI is InChI=1S/C17H31N3O/c1-12(2)14-5-7-17(11-18,8-6-14)16(21)15-9-19-20(10-15)13(3)4/h9-10,12-14,16,21H,5-8,11,18H2,1-4H3. The Kier molecular flexibility index (Phi) is 5.10. The van der Waals surface area contributed by atoms with Crippen molar-refractivity contribution in [2.75, 3.05) is 6.54 Å². The summed E-state index contributed by atoms with van der Waals surface area (Å²) in [7, 11) is 0. The summed E-state index contributed by atoms with van der Waals surface area (Å²) in [6, 6.07) is 0.316. The van der Waals surface area contributed by atoms with Crippen molar-refractivity contribution in [2.24, 2.45) is 23.0 Å². The Hall–Kier alpha value is -0.870. The van der Waals surface area contributed by atoms with Crippen LogP contribution in [0, 0.1) is 17.3 Å². The van der Waals surface area contributed by atoms with Crippen molar-refractivity contribution in [3.8, 4) is 0 Å². The molecular weight excluding hydrogens is 262 g/mol. The summed E-state index contributed by atoms with van der Waals surface area (Å²) >= 11 is 0. The second kappa shape index (κ2) is 6.49. The molecule has 1 fully saturated rings. The molecule has 1 atom stereocenters. The number of aliphatic hydroxyl groups excluding tert-OH is 1. The average Bonchev–Trinajstić information content (AvgIpc) is 2.96. The van der Waals surface area contributed by atoms with Crippen LogP contribution in [-0.4, -0.2) is 21.4 Å². The smallest absolute Gasteiger partial charge is 0.0888 e. The van der Waals surface area contributed by atoms with Gasteiger partial charge < -0.3 is 10.8 Å². The largest absolute Gasteiger partial charge is 0.388 e. The molecule has 1 unspecified atom stereocenters. The molecule has 0 saturated heterocycles. The molecule has 0 amide bonds. The molecule has 1 aromatic rings. The minimum Gasteiger partial charge on any atom is -0.388 e. The van der Waals surface area contributed by atoms with E-state index in [1.807, 2.05) is 10.9 Å². The topological polar surface area (TPSA) is 64.1 Å². The van der Waals surface area contributed by atoms with Gasteiger partial charge >= 0.3 is 0 Å². The summed E-state index contributed by atoms with van der Waals surface area (Å²) in [4.78, 5) is 0. The molecule has 4 heteroatoms. The number of rotatable bonds is 5. The van der Waals surface area contributed by atoms with Crippen LogP contribution in [0.25, 0.3) is 0 Å². The highest BCUT2D eigenvalue weighted by Gasteiger charge is 2.41. The highest BCUT2D eigenvalue weighted by Crippen LogP contribution is 2.48. The average molecular weight is 293 g/mol. The third kappa shape index (κ3) is 3.32. The molecule has 1 heterocycles. The van der Waals surface area contributed by atoms with Gasteiger partial charge in [0.1, 0.15) is 0 Å². The Bertz CT molecular complexity index is 445. The van der Waals surface area contributed by atoms with E-state index in [0.29, 0.717) is 12.6 Å². The van der Waals surface area contributed by atoms with Crippen LogP contribution in [0.4, 0.5) is 0 Å². The molecule has 0 aliphatic heterocycles. The van der Waals surface area contributed by atoms with Gasteiger partial charge in [0.05, 0.1) is 12.3 Å². The van der Waals surface area contributed by atoms with Crippen molar-refractivity contribution < 1.29 is 5.11 Å². The van der Waals surface area contributed by atoms with Gasteiger partial charge in [-0.2, -0.15) is 5.10 Å². The molecule has 120 valence electrons. The van der Waals surface area contributed by atoms with E-state index in [-0.39, 0.29) is 5.41 Å². The highest BCUT2D eigenvalue weighted by atomic mass is 16.3. The predicted octanol–water partition coefficient (Wildman–Crippen LogP) is 3.29. The Labute approximate surface area is 128 Å². The van der Waals surface area contributed by atoms with Crippen molar-refractivity contribution in [3.05, 3.63) is 18.0 Å². The van der Waals surface area contributed by atoms with Gasteiger partial charge in [0.15, 0.2) is 0 Å². The molecule has 1 aliphatic carbocycles. The zero-order chi connectivity index (χ0) is 15.6. The first kappa shape index (κ1) is 16.5. The normalized spacial score (nSPS) is 28.3. The van der Waals surface area contributed by atoms with Gasteiger partial charge in [-0.15, -0.1) is 0 Å². The zero-order valence-corrected chi connectivity index (χ0v) is 13.9. The number of hydrogen-bond acceptors (Lipinski definition) is 3. The molecule has 1 aromatic heterocycles. The van der Waals surface area contributed by atoms with E-state index in [4.69, 9.17) is 5.73 Å². The lowest BCUT2D eigenvalue weighted by Crippen LogP contribution is -2.40. The summed E-state index contributed by atoms with van der Waals surface area (Å²) < 4.78 is 1.91. The van der Waals surface area contributed by atoms with E-state index in [9.17, 15) is 5.11 Å². The lowest BCUT2D eigenvalue weighted by Gasteiger charge is -2.43. The summed E-state index contributed by atoms with van der Waals surface area (Å²) in [5.41, 5.74) is 6.82. The minimum atomic E-state index is -0.497. The Morgan fingerprint density at radius 1 is 1.33 bits per heavy atom. The van der Waals surface area contributed by atoms with Crippen molar-refractivity contribution in [2.45, 2.75) is 65.5 Å². The molecule has 1 aliphatic rings. The third-order valence-electron chi connectivity index (χ3n) is 5.42. The first-order valence-electron chi connectivity index (χ1n) is 8.32. The summed E-state index contributed by atoms with van der Waals surface area (Å²) in [6.45, 7) is 9.32. The minimum absolute atomic E-state index is 0.170. The zero-order valence-electron chi connectivity index (χ0n) is 13.9. The fraction of sp³-hybridized carbons (Fsp3) is 0.824. The quantitative estimate of drug-likeness (QED) is 0.875. The van der Waals surface area contributed by atoms with Crippen LogP contribution in [0.15, 0.2) is 12.4 Å². The van der Waals surface area contributed by atoms with Crippen LogP contribution in [-0.2, 0) is 0 Å². The van der Waals surface area contributed by atoms with Crippen LogP contribution in [0.3, 0.4) is 0 Å². The lowest BCUT2D eigenvalue weighted by atomic mass is 9.64.